The fraction of sp³-hybridized carbons (Fsp3) is 0.0220. The monoisotopic (exact) mass is 1220 g/mol. The van der Waals surface area contributed by atoms with Crippen LogP contribution < -0.4 is 0 Å². The predicted octanol–water partition coefficient (Wildman–Crippen LogP) is 24.5. The van der Waals surface area contributed by atoms with Crippen LogP contribution in [-0.2, 0) is 10.8 Å². The maximum absolute atomic E-state index is 6.32. The van der Waals surface area contributed by atoms with Crippen LogP contribution in [0.5, 0.6) is 0 Å². The van der Waals surface area contributed by atoms with Crippen molar-refractivity contribution in [3.63, 3.8) is 0 Å². The summed E-state index contributed by atoms with van der Waals surface area (Å²) in [6, 6.07) is 122. The van der Waals surface area contributed by atoms with Crippen molar-refractivity contribution in [2.24, 2.45) is 0 Å². The van der Waals surface area contributed by atoms with Crippen molar-refractivity contribution in [1.29, 1.82) is 0 Å². The number of benzene rings is 14. The standard InChI is InChI=1S/C91H53NS2/c1-9-37-76-62(25-1)63-26-2-10-38-77(63)90(76)80-41-13-5-29-66(80)74-51-58(45-47-82(74)90)86-72(56-23-17-21-54(49-56)60-33-19-35-70-68-31-7-15-43-84(68)93-88(60)70)53-73(57-24-18-22-55(50-57)61-34-20-36-71-69-32-8-16-44-85(69)94-89(61)71)87(92-86)59-46-48-83-75(52-59)67-30-6-14-42-81(67)91(83)78-39-11-3-27-64(78)65-28-4-12-40-79(65)91/h1-53H. The molecule has 17 aromatic rings. The fourth-order valence-electron chi connectivity index (χ4n) is 17.5. The van der Waals surface area contributed by atoms with Gasteiger partial charge in [-0.1, -0.05) is 279 Å². The maximum Gasteiger partial charge on any atom is 0.0788 e. The predicted molar refractivity (Wildman–Crippen MR) is 395 cm³/mol. The van der Waals surface area contributed by atoms with Gasteiger partial charge in [0.2, 0.25) is 0 Å². The van der Waals surface area contributed by atoms with E-state index in [1.54, 1.807) is 0 Å². The van der Waals surface area contributed by atoms with Crippen LogP contribution in [0.3, 0.4) is 0 Å². The molecule has 14 aromatic carbocycles. The van der Waals surface area contributed by atoms with Crippen molar-refractivity contribution in [2.45, 2.75) is 10.8 Å². The number of rotatable bonds is 6. The van der Waals surface area contributed by atoms with Crippen molar-refractivity contribution < 1.29 is 0 Å². The first-order valence-electron chi connectivity index (χ1n) is 32.6. The Kier molecular flexibility index (Phi) is 10.9. The Morgan fingerprint density at radius 1 is 0.191 bits per heavy atom. The van der Waals surface area contributed by atoms with Crippen molar-refractivity contribution in [2.75, 3.05) is 0 Å². The molecule has 434 valence electrons. The first kappa shape index (κ1) is 52.3. The van der Waals surface area contributed by atoms with Gasteiger partial charge in [-0.3, -0.25) is 0 Å². The Hall–Kier alpha value is -11.3. The Morgan fingerprint density at radius 3 is 0.862 bits per heavy atom. The molecule has 0 amide bonds. The number of hydrogen-bond donors (Lipinski definition) is 0. The molecule has 0 N–H and O–H groups in total. The Labute approximate surface area is 552 Å². The normalized spacial score (nSPS) is 13.7. The van der Waals surface area contributed by atoms with E-state index in [4.69, 9.17) is 4.98 Å². The van der Waals surface area contributed by atoms with E-state index in [0.29, 0.717) is 0 Å². The molecule has 94 heavy (non-hydrogen) atoms. The zero-order chi connectivity index (χ0) is 61.4. The molecule has 0 saturated carbocycles. The molecule has 3 heteroatoms. The minimum absolute atomic E-state index is 0.478. The van der Waals surface area contributed by atoms with Crippen molar-refractivity contribution in [1.82, 2.24) is 4.98 Å². The summed E-state index contributed by atoms with van der Waals surface area (Å²) in [5, 5.41) is 5.17. The molecular formula is C91H53NS2. The second kappa shape index (κ2) is 19.6. The van der Waals surface area contributed by atoms with Crippen LogP contribution in [0.15, 0.2) is 322 Å². The zero-order valence-corrected chi connectivity index (χ0v) is 52.5. The van der Waals surface area contributed by atoms with Crippen molar-refractivity contribution in [3.8, 4) is 112 Å². The maximum atomic E-state index is 6.32. The minimum Gasteiger partial charge on any atom is -0.246 e. The molecule has 0 aliphatic heterocycles. The molecule has 21 rings (SSSR count). The number of aromatic nitrogens is 1. The van der Waals surface area contributed by atoms with Crippen LogP contribution in [0, 0.1) is 0 Å². The van der Waals surface area contributed by atoms with E-state index in [2.05, 4.69) is 322 Å². The lowest BCUT2D eigenvalue weighted by Gasteiger charge is -2.30. The molecule has 3 heterocycles. The van der Waals surface area contributed by atoms with Gasteiger partial charge in [0.25, 0.3) is 0 Å². The van der Waals surface area contributed by atoms with Crippen molar-refractivity contribution >= 4 is 63.0 Å². The quantitative estimate of drug-likeness (QED) is 0.162. The highest BCUT2D eigenvalue weighted by atomic mass is 32.1. The summed E-state index contributed by atoms with van der Waals surface area (Å²) >= 11 is 3.76. The third-order valence-electron chi connectivity index (χ3n) is 21.3. The number of thiophene rings is 2. The molecule has 4 aliphatic carbocycles. The van der Waals surface area contributed by atoms with Gasteiger partial charge in [0, 0.05) is 62.6 Å². The van der Waals surface area contributed by atoms with Gasteiger partial charge in [0.15, 0.2) is 0 Å². The topological polar surface area (TPSA) is 12.9 Å². The summed E-state index contributed by atoms with van der Waals surface area (Å²) in [5.41, 5.74) is 33.0. The Morgan fingerprint density at radius 2 is 0.479 bits per heavy atom. The van der Waals surface area contributed by atoms with E-state index in [9.17, 15) is 0 Å². The molecule has 0 bridgehead atoms. The zero-order valence-electron chi connectivity index (χ0n) is 50.9. The first-order valence-corrected chi connectivity index (χ1v) is 34.2. The van der Waals surface area contributed by atoms with Crippen LogP contribution in [0.1, 0.15) is 44.5 Å². The SMILES string of the molecule is c1cc(-c2cc(-c3cccc(-c4cccc5c4sc4ccccc45)c3)c(-c3ccc4c(c3)-c3ccccc3C43c4ccccc4-c4ccccc43)nc2-c2ccc3c(c2)-c2ccccc2C32c3ccccc3-c3ccccc32)cc(-c2cccc3c2sc2ccccc23)c1. The number of hydrogen-bond acceptors (Lipinski definition) is 3. The van der Waals surface area contributed by atoms with Crippen LogP contribution in [0.4, 0.5) is 0 Å². The van der Waals surface area contributed by atoms with Gasteiger partial charge in [0.1, 0.15) is 0 Å². The van der Waals surface area contributed by atoms with Gasteiger partial charge >= 0.3 is 0 Å². The molecule has 0 saturated heterocycles. The van der Waals surface area contributed by atoms with E-state index < -0.39 is 10.8 Å². The third kappa shape index (κ3) is 6.99. The van der Waals surface area contributed by atoms with Gasteiger partial charge in [-0.2, -0.15) is 0 Å². The number of pyridine rings is 1. The fourth-order valence-corrected chi connectivity index (χ4v) is 20.0. The highest BCUT2D eigenvalue weighted by Crippen LogP contribution is 2.65. The molecule has 4 aliphatic rings. The largest absolute Gasteiger partial charge is 0.246 e. The van der Waals surface area contributed by atoms with Gasteiger partial charge in [-0.25, -0.2) is 4.98 Å². The Bertz CT molecular complexity index is 5690. The van der Waals surface area contributed by atoms with Gasteiger partial charge in [-0.05, 0) is 165 Å². The lowest BCUT2D eigenvalue weighted by Crippen LogP contribution is -2.25. The minimum atomic E-state index is -0.478. The number of fused-ring (bicyclic) bond motifs is 26. The third-order valence-corrected chi connectivity index (χ3v) is 23.8. The molecule has 1 nitrogen and oxygen atoms in total. The lowest BCUT2D eigenvalue weighted by atomic mass is 9.70. The first-order chi connectivity index (χ1) is 46.6. The highest BCUT2D eigenvalue weighted by molar-refractivity contribution is 7.26. The van der Waals surface area contributed by atoms with Crippen LogP contribution >= 0.6 is 22.7 Å². The molecule has 2 spiro atoms. The van der Waals surface area contributed by atoms with E-state index >= 15 is 0 Å². The molecular weight excluding hydrogens is 1170 g/mol. The van der Waals surface area contributed by atoms with E-state index in [-0.39, 0.29) is 0 Å². The average molecular weight is 1220 g/mol. The van der Waals surface area contributed by atoms with E-state index in [0.717, 1.165) is 44.8 Å². The summed E-state index contributed by atoms with van der Waals surface area (Å²) < 4.78 is 5.19. The summed E-state index contributed by atoms with van der Waals surface area (Å²) in [6.45, 7) is 0. The Balaban J connectivity index is 0.843. The van der Waals surface area contributed by atoms with Crippen LogP contribution in [0.25, 0.3) is 152 Å². The van der Waals surface area contributed by atoms with Gasteiger partial charge in [0.05, 0.1) is 22.2 Å². The van der Waals surface area contributed by atoms with Crippen molar-refractivity contribution in [3.05, 3.63) is 366 Å². The molecule has 3 aromatic heterocycles. The summed E-state index contributed by atoms with van der Waals surface area (Å²) in [7, 11) is 0. The second-order valence-corrected chi connectivity index (χ2v) is 27.9. The average Bonchev–Trinajstić information content (AvgIpc) is 1.52. The second-order valence-electron chi connectivity index (χ2n) is 25.8. The van der Waals surface area contributed by atoms with Crippen LogP contribution in [-0.4, -0.2) is 4.98 Å². The smallest absolute Gasteiger partial charge is 0.0788 e. The molecule has 0 atom stereocenters. The molecule has 0 radical (unpaired) electrons. The number of nitrogens with zero attached hydrogens (tertiary/aromatic N) is 1. The highest BCUT2D eigenvalue weighted by Gasteiger charge is 2.53. The van der Waals surface area contributed by atoms with E-state index in [1.165, 1.54) is 152 Å². The molecule has 0 fully saturated rings. The summed E-state index contributed by atoms with van der Waals surface area (Å²) in [6.07, 6.45) is 0. The summed E-state index contributed by atoms with van der Waals surface area (Å²) in [4.78, 5) is 6.32. The van der Waals surface area contributed by atoms with Gasteiger partial charge in [-0.15, -0.1) is 22.7 Å². The van der Waals surface area contributed by atoms with Crippen LogP contribution in [0.2, 0.25) is 0 Å². The summed E-state index contributed by atoms with van der Waals surface area (Å²) in [5.74, 6) is 0. The van der Waals surface area contributed by atoms with E-state index in [1.807, 2.05) is 22.7 Å². The van der Waals surface area contributed by atoms with Gasteiger partial charge < -0.3 is 0 Å². The lowest BCUT2D eigenvalue weighted by molar-refractivity contribution is 0.794. The molecule has 0 unspecified atom stereocenters.